The minimum atomic E-state index is -0.551. The molecule has 8 heteroatoms. The summed E-state index contributed by atoms with van der Waals surface area (Å²) in [6, 6.07) is 8.55. The van der Waals surface area contributed by atoms with Crippen LogP contribution in [0.5, 0.6) is 11.5 Å². The number of carbonyl (C=O) groups excluding carboxylic acids is 1. The summed E-state index contributed by atoms with van der Waals surface area (Å²) in [5, 5.41) is 0.766. The van der Waals surface area contributed by atoms with Crippen molar-refractivity contribution in [2.75, 3.05) is 13.2 Å². The van der Waals surface area contributed by atoms with Crippen LogP contribution in [0.15, 0.2) is 45.5 Å². The number of hydrogen-bond acceptors (Lipinski definition) is 5. The number of nitrogens with zero attached hydrogens (tertiary/aromatic N) is 1. The number of ether oxygens (including phenoxy) is 3. The summed E-state index contributed by atoms with van der Waals surface area (Å²) < 4.78 is 17.6. The topological polar surface area (TPSA) is 57.1 Å². The highest BCUT2D eigenvalue weighted by molar-refractivity contribution is 9.10. The molecule has 30 heavy (non-hydrogen) atoms. The van der Waals surface area contributed by atoms with Gasteiger partial charge >= 0.3 is 5.97 Å². The van der Waals surface area contributed by atoms with E-state index in [1.54, 1.807) is 30.3 Å². The summed E-state index contributed by atoms with van der Waals surface area (Å²) in [6.45, 7) is 7.08. The molecule has 158 valence electrons. The van der Waals surface area contributed by atoms with Crippen molar-refractivity contribution in [2.24, 2.45) is 10.9 Å². The Labute approximate surface area is 193 Å². The molecule has 3 rings (SSSR count). The molecule has 0 bridgehead atoms. The Morgan fingerprint density at radius 2 is 1.93 bits per heavy atom. The van der Waals surface area contributed by atoms with Gasteiger partial charge in [0, 0.05) is 5.56 Å². The highest BCUT2D eigenvalue weighted by Crippen LogP contribution is 2.38. The summed E-state index contributed by atoms with van der Waals surface area (Å²) in [6.07, 6.45) is 1.63. The van der Waals surface area contributed by atoms with E-state index in [1.165, 1.54) is 0 Å². The van der Waals surface area contributed by atoms with Gasteiger partial charge in [-0.1, -0.05) is 37.0 Å². The second-order valence-electron chi connectivity index (χ2n) is 6.93. The molecular weight excluding hydrogens is 493 g/mol. The van der Waals surface area contributed by atoms with E-state index in [0.29, 0.717) is 51.8 Å². The molecule has 0 aromatic heterocycles. The Morgan fingerprint density at radius 1 is 1.17 bits per heavy atom. The smallest absolute Gasteiger partial charge is 0.363 e. The van der Waals surface area contributed by atoms with Gasteiger partial charge in [0.25, 0.3) is 0 Å². The summed E-state index contributed by atoms with van der Waals surface area (Å²) in [4.78, 5) is 16.6. The van der Waals surface area contributed by atoms with Gasteiger partial charge in [0.2, 0.25) is 5.90 Å². The molecule has 0 unspecified atom stereocenters. The number of halogens is 3. The minimum absolute atomic E-state index is 0.168. The third-order valence-electron chi connectivity index (χ3n) is 3.98. The van der Waals surface area contributed by atoms with Crippen LogP contribution in [-0.4, -0.2) is 25.1 Å². The molecule has 0 spiro atoms. The van der Waals surface area contributed by atoms with E-state index in [0.717, 1.165) is 4.47 Å². The van der Waals surface area contributed by atoms with Crippen molar-refractivity contribution in [1.82, 2.24) is 0 Å². The van der Waals surface area contributed by atoms with Gasteiger partial charge in [-0.3, -0.25) is 0 Å². The molecule has 5 nitrogen and oxygen atoms in total. The number of carbonyl (C=O) groups is 1. The van der Waals surface area contributed by atoms with Gasteiger partial charge < -0.3 is 14.2 Å². The Kier molecular flexibility index (Phi) is 7.45. The van der Waals surface area contributed by atoms with Gasteiger partial charge in [-0.15, -0.1) is 0 Å². The van der Waals surface area contributed by atoms with Crippen LogP contribution in [0.3, 0.4) is 0 Å². The predicted molar refractivity (Wildman–Crippen MR) is 123 cm³/mol. The van der Waals surface area contributed by atoms with Crippen molar-refractivity contribution in [3.8, 4) is 11.5 Å². The maximum atomic E-state index is 12.3. The Balaban J connectivity index is 1.94. The van der Waals surface area contributed by atoms with Gasteiger partial charge in [0.05, 0.1) is 27.7 Å². The first-order valence-corrected chi connectivity index (χ1v) is 10.9. The van der Waals surface area contributed by atoms with Crippen molar-refractivity contribution in [3.05, 3.63) is 61.7 Å². The molecule has 0 N–H and O–H groups in total. The lowest BCUT2D eigenvalue weighted by atomic mass is 10.1. The summed E-state index contributed by atoms with van der Waals surface area (Å²) >= 11 is 15.5. The lowest BCUT2D eigenvalue weighted by Crippen LogP contribution is -2.07. The summed E-state index contributed by atoms with van der Waals surface area (Å²) in [5.41, 5.74) is 1.45. The first-order chi connectivity index (χ1) is 14.3. The first-order valence-electron chi connectivity index (χ1n) is 9.35. The fraction of sp³-hybridized carbons (Fsp3) is 0.273. The third-order valence-corrected chi connectivity index (χ3v) is 5.31. The normalized spacial score (nSPS) is 14.8. The lowest BCUT2D eigenvalue weighted by Gasteiger charge is -2.16. The van der Waals surface area contributed by atoms with Crippen LogP contribution < -0.4 is 9.47 Å². The molecule has 1 aliphatic rings. The molecule has 0 fully saturated rings. The third kappa shape index (κ3) is 5.36. The number of benzene rings is 2. The second-order valence-corrected chi connectivity index (χ2v) is 8.60. The Bertz CT molecular complexity index is 1030. The average Bonchev–Trinajstić information content (AvgIpc) is 3.04. The highest BCUT2D eigenvalue weighted by Gasteiger charge is 2.25. The summed E-state index contributed by atoms with van der Waals surface area (Å²) in [7, 11) is 0. The van der Waals surface area contributed by atoms with E-state index in [2.05, 4.69) is 34.8 Å². The summed E-state index contributed by atoms with van der Waals surface area (Å²) in [5.74, 6) is 1.20. The zero-order chi connectivity index (χ0) is 21.8. The minimum Gasteiger partial charge on any atom is -0.490 e. The van der Waals surface area contributed by atoms with E-state index in [-0.39, 0.29) is 11.6 Å². The molecule has 0 aliphatic carbocycles. The number of esters is 1. The fourth-order valence-corrected chi connectivity index (χ4v) is 3.52. The van der Waals surface area contributed by atoms with Crippen molar-refractivity contribution in [1.29, 1.82) is 0 Å². The Hall–Kier alpha value is -2.02. The van der Waals surface area contributed by atoms with Crippen LogP contribution in [-0.2, 0) is 9.53 Å². The maximum Gasteiger partial charge on any atom is 0.363 e. The zero-order valence-electron chi connectivity index (χ0n) is 16.7. The number of aliphatic imine (C=N–C) groups is 1. The SMILES string of the molecule is CCOc1cc(/C=C2\N=C(c3ccc(Cl)c(Cl)c3)OC2=O)cc(Br)c1OCC(C)C. The average molecular weight is 513 g/mol. The van der Waals surface area contributed by atoms with Gasteiger partial charge in [-0.05, 0) is 70.7 Å². The van der Waals surface area contributed by atoms with E-state index in [9.17, 15) is 4.79 Å². The van der Waals surface area contributed by atoms with Gasteiger partial charge in [0.1, 0.15) is 0 Å². The van der Waals surface area contributed by atoms with Crippen LogP contribution in [0.2, 0.25) is 10.0 Å². The predicted octanol–water partition coefficient (Wildman–Crippen LogP) is 6.53. The Morgan fingerprint density at radius 3 is 2.60 bits per heavy atom. The van der Waals surface area contributed by atoms with Gasteiger partial charge in [-0.25, -0.2) is 9.79 Å². The number of hydrogen-bond donors (Lipinski definition) is 0. The van der Waals surface area contributed by atoms with Crippen molar-refractivity contribution < 1.29 is 19.0 Å². The van der Waals surface area contributed by atoms with Crippen molar-refractivity contribution in [3.63, 3.8) is 0 Å². The largest absolute Gasteiger partial charge is 0.490 e. The quantitative estimate of drug-likeness (QED) is 0.312. The molecule has 0 saturated heterocycles. The molecule has 2 aromatic carbocycles. The number of cyclic esters (lactones) is 1. The second kappa shape index (κ2) is 9.86. The van der Waals surface area contributed by atoms with E-state index >= 15 is 0 Å². The van der Waals surface area contributed by atoms with Crippen LogP contribution in [0.4, 0.5) is 0 Å². The molecule has 2 aromatic rings. The molecule has 0 saturated carbocycles. The standard InChI is InChI=1S/C22H20BrCl2NO4/c1-4-28-19-9-13(7-15(23)20(19)29-11-12(2)3)8-18-22(27)30-21(26-18)14-5-6-16(24)17(25)10-14/h5-10,12H,4,11H2,1-3H3/b18-8-. The van der Waals surface area contributed by atoms with E-state index in [1.807, 2.05) is 13.0 Å². The molecule has 0 amide bonds. The first kappa shape index (κ1) is 22.7. The van der Waals surface area contributed by atoms with E-state index in [4.69, 9.17) is 37.4 Å². The van der Waals surface area contributed by atoms with Crippen LogP contribution in [0.25, 0.3) is 6.08 Å². The van der Waals surface area contributed by atoms with Gasteiger partial charge in [-0.2, -0.15) is 0 Å². The lowest BCUT2D eigenvalue weighted by molar-refractivity contribution is -0.129. The number of rotatable bonds is 7. The van der Waals surface area contributed by atoms with Crippen LogP contribution >= 0.6 is 39.1 Å². The zero-order valence-corrected chi connectivity index (χ0v) is 19.8. The molecule has 0 atom stereocenters. The van der Waals surface area contributed by atoms with Crippen LogP contribution in [0.1, 0.15) is 31.9 Å². The van der Waals surface area contributed by atoms with E-state index < -0.39 is 5.97 Å². The molecular formula is C22H20BrCl2NO4. The van der Waals surface area contributed by atoms with Crippen molar-refractivity contribution in [2.45, 2.75) is 20.8 Å². The monoisotopic (exact) mass is 511 g/mol. The maximum absolute atomic E-state index is 12.3. The highest BCUT2D eigenvalue weighted by atomic mass is 79.9. The molecule has 1 heterocycles. The van der Waals surface area contributed by atoms with Crippen molar-refractivity contribution >= 4 is 57.1 Å². The molecule has 0 radical (unpaired) electrons. The molecule has 1 aliphatic heterocycles. The van der Waals surface area contributed by atoms with Gasteiger partial charge in [0.15, 0.2) is 17.2 Å². The van der Waals surface area contributed by atoms with Crippen LogP contribution in [0, 0.1) is 5.92 Å². The fourth-order valence-electron chi connectivity index (χ4n) is 2.64.